The summed E-state index contributed by atoms with van der Waals surface area (Å²) in [6.45, 7) is 8.22. The normalized spacial score (nSPS) is 18.2. The van der Waals surface area contributed by atoms with E-state index in [9.17, 15) is 0 Å². The van der Waals surface area contributed by atoms with Crippen LogP contribution in [0.3, 0.4) is 0 Å². The quantitative estimate of drug-likeness (QED) is 0.503. The maximum absolute atomic E-state index is 6.13. The summed E-state index contributed by atoms with van der Waals surface area (Å²) in [5.41, 5.74) is 3.20. The standard InChI is InChI=1S/C22H22BN3O2/c1-21(2)22(3,4)28-23(27-21)15-11-12-19(24-14-15)26-13-7-10-18-20(26)16-8-5-6-9-17(16)25-18/h5-14H,1-4H3. The Morgan fingerprint density at radius 2 is 1.64 bits per heavy atom. The second kappa shape index (κ2) is 5.90. The van der Waals surface area contributed by atoms with Crippen LogP contribution in [-0.4, -0.2) is 32.9 Å². The molecule has 0 spiro atoms. The third-order valence-corrected chi connectivity index (χ3v) is 5.92. The van der Waals surface area contributed by atoms with Gasteiger partial charge >= 0.3 is 7.12 Å². The Labute approximate surface area is 164 Å². The fraction of sp³-hybridized carbons (Fsp3) is 0.273. The second-order valence-electron chi connectivity index (χ2n) is 8.28. The molecule has 0 bridgehead atoms. The molecule has 0 radical (unpaired) electrons. The van der Waals surface area contributed by atoms with Crippen molar-refractivity contribution >= 4 is 23.5 Å². The molecule has 3 aliphatic rings. The topological polar surface area (TPSA) is 49.2 Å². The second-order valence-corrected chi connectivity index (χ2v) is 8.28. The lowest BCUT2D eigenvalue weighted by Gasteiger charge is -2.32. The molecule has 4 heterocycles. The summed E-state index contributed by atoms with van der Waals surface area (Å²) < 4.78 is 14.3. The minimum Gasteiger partial charge on any atom is -0.399 e. The zero-order chi connectivity index (χ0) is 19.5. The summed E-state index contributed by atoms with van der Waals surface area (Å²) >= 11 is 0. The molecule has 0 aliphatic carbocycles. The van der Waals surface area contributed by atoms with Gasteiger partial charge in [-0.15, -0.1) is 0 Å². The van der Waals surface area contributed by atoms with Crippen LogP contribution < -0.4 is 5.46 Å². The third-order valence-electron chi connectivity index (χ3n) is 5.92. The molecule has 5 rings (SSSR count). The molecule has 28 heavy (non-hydrogen) atoms. The van der Waals surface area contributed by atoms with Crippen molar-refractivity contribution in [3.63, 3.8) is 0 Å². The van der Waals surface area contributed by atoms with Crippen molar-refractivity contribution in [3.8, 4) is 17.2 Å². The van der Waals surface area contributed by atoms with Gasteiger partial charge in [0, 0.05) is 23.2 Å². The van der Waals surface area contributed by atoms with Crippen LogP contribution in [0.5, 0.6) is 0 Å². The molecule has 0 amide bonds. The molecular weight excluding hydrogens is 349 g/mol. The van der Waals surface area contributed by atoms with Crippen LogP contribution >= 0.6 is 0 Å². The first-order valence-electron chi connectivity index (χ1n) is 9.53. The monoisotopic (exact) mass is 371 g/mol. The molecule has 1 fully saturated rings. The Morgan fingerprint density at radius 1 is 0.893 bits per heavy atom. The maximum atomic E-state index is 6.13. The summed E-state index contributed by atoms with van der Waals surface area (Å²) in [5.74, 6) is 0.837. The highest BCUT2D eigenvalue weighted by Crippen LogP contribution is 2.36. The first-order chi connectivity index (χ1) is 13.4. The van der Waals surface area contributed by atoms with Crippen LogP contribution in [0, 0.1) is 0 Å². The van der Waals surface area contributed by atoms with Crippen molar-refractivity contribution in [1.29, 1.82) is 0 Å². The summed E-state index contributed by atoms with van der Waals surface area (Å²) in [4.78, 5) is 9.43. The summed E-state index contributed by atoms with van der Waals surface area (Å²) in [7, 11) is -0.409. The van der Waals surface area contributed by atoms with Gasteiger partial charge in [0.25, 0.3) is 0 Å². The average Bonchev–Trinajstić information content (AvgIpc) is 3.15. The van der Waals surface area contributed by atoms with Crippen molar-refractivity contribution < 1.29 is 9.31 Å². The van der Waals surface area contributed by atoms with E-state index in [0.717, 1.165) is 33.6 Å². The minimum atomic E-state index is -0.409. The van der Waals surface area contributed by atoms with Gasteiger partial charge in [-0.2, -0.15) is 0 Å². The lowest BCUT2D eigenvalue weighted by atomic mass is 9.80. The number of hydrogen-bond acceptors (Lipinski definition) is 4. The van der Waals surface area contributed by atoms with Crippen LogP contribution in [0.25, 0.3) is 28.1 Å². The van der Waals surface area contributed by atoms with Gasteiger partial charge < -0.3 is 9.31 Å². The van der Waals surface area contributed by atoms with E-state index in [4.69, 9.17) is 19.3 Å². The van der Waals surface area contributed by atoms with E-state index >= 15 is 0 Å². The largest absolute Gasteiger partial charge is 0.496 e. The van der Waals surface area contributed by atoms with Crippen LogP contribution in [0.4, 0.5) is 0 Å². The number of rotatable bonds is 2. The average molecular weight is 371 g/mol. The maximum Gasteiger partial charge on any atom is 0.496 e. The van der Waals surface area contributed by atoms with Gasteiger partial charge in [-0.1, -0.05) is 24.3 Å². The van der Waals surface area contributed by atoms with Crippen molar-refractivity contribution in [2.75, 3.05) is 0 Å². The molecule has 2 aromatic rings. The van der Waals surface area contributed by atoms with Crippen molar-refractivity contribution in [2.45, 2.75) is 38.9 Å². The highest BCUT2D eigenvalue weighted by molar-refractivity contribution is 6.62. The number of pyridine rings is 2. The lowest BCUT2D eigenvalue weighted by molar-refractivity contribution is 0.00578. The number of fused-ring (bicyclic) bond motifs is 3. The van der Waals surface area contributed by atoms with Gasteiger partial charge in [-0.3, -0.25) is 4.57 Å². The smallest absolute Gasteiger partial charge is 0.399 e. The summed E-state index contributed by atoms with van der Waals surface area (Å²) in [6, 6.07) is 16.2. The Bertz CT molecular complexity index is 1120. The Hall–Kier alpha value is -2.70. The van der Waals surface area contributed by atoms with Gasteiger partial charge in [0.2, 0.25) is 0 Å². The molecule has 3 aliphatic heterocycles. The lowest BCUT2D eigenvalue weighted by Crippen LogP contribution is -2.41. The highest BCUT2D eigenvalue weighted by Gasteiger charge is 2.51. The van der Waals surface area contributed by atoms with Gasteiger partial charge in [0.15, 0.2) is 0 Å². The van der Waals surface area contributed by atoms with Crippen LogP contribution in [0.1, 0.15) is 27.7 Å². The van der Waals surface area contributed by atoms with Crippen LogP contribution in [0.2, 0.25) is 0 Å². The zero-order valence-electron chi connectivity index (χ0n) is 16.5. The van der Waals surface area contributed by atoms with Gasteiger partial charge in [-0.05, 0) is 52.0 Å². The number of aromatic nitrogens is 3. The predicted octanol–water partition coefficient (Wildman–Crippen LogP) is 3.82. The molecule has 0 atom stereocenters. The molecule has 6 heteroatoms. The first-order valence-corrected chi connectivity index (χ1v) is 9.53. The summed E-state index contributed by atoms with van der Waals surface area (Å²) in [5, 5.41) is 1.12. The molecule has 1 saturated heterocycles. The molecule has 0 unspecified atom stereocenters. The Morgan fingerprint density at radius 3 is 2.36 bits per heavy atom. The molecule has 1 aromatic carbocycles. The number of hydrogen-bond donors (Lipinski definition) is 0. The molecule has 1 aromatic heterocycles. The van der Waals surface area contributed by atoms with E-state index < -0.39 is 7.12 Å². The fourth-order valence-corrected chi connectivity index (χ4v) is 3.61. The van der Waals surface area contributed by atoms with Crippen LogP contribution in [-0.2, 0) is 9.31 Å². The number of benzene rings is 1. The van der Waals surface area contributed by atoms with E-state index in [-0.39, 0.29) is 11.2 Å². The summed E-state index contributed by atoms with van der Waals surface area (Å²) in [6.07, 6.45) is 3.86. The van der Waals surface area contributed by atoms with Crippen molar-refractivity contribution in [1.82, 2.24) is 14.5 Å². The molecular formula is C22H22BN3O2. The van der Waals surface area contributed by atoms with E-state index in [1.165, 1.54) is 0 Å². The minimum absolute atomic E-state index is 0.365. The van der Waals surface area contributed by atoms with Crippen molar-refractivity contribution in [2.24, 2.45) is 0 Å². The zero-order valence-corrected chi connectivity index (χ0v) is 16.5. The molecule has 140 valence electrons. The van der Waals surface area contributed by atoms with Gasteiger partial charge in [0.1, 0.15) is 5.82 Å². The SMILES string of the molecule is CC1(C)OB(c2ccc(-n3cccc4nc5ccccc5c3-4)nc2)OC1(C)C. The Balaban J connectivity index is 1.54. The van der Waals surface area contributed by atoms with Gasteiger partial charge in [-0.25, -0.2) is 9.97 Å². The molecule has 0 saturated carbocycles. The third kappa shape index (κ3) is 2.56. The first kappa shape index (κ1) is 17.4. The van der Waals surface area contributed by atoms with E-state index in [1.807, 2.05) is 54.9 Å². The van der Waals surface area contributed by atoms with Gasteiger partial charge in [0.05, 0.1) is 28.1 Å². The fourth-order valence-electron chi connectivity index (χ4n) is 3.61. The van der Waals surface area contributed by atoms with Crippen LogP contribution in [0.15, 0.2) is 60.9 Å². The highest BCUT2D eigenvalue weighted by atomic mass is 16.7. The molecule has 0 N–H and O–H groups in total. The predicted molar refractivity (Wildman–Crippen MR) is 111 cm³/mol. The Kier molecular flexibility index (Phi) is 3.67. The number of nitrogens with zero attached hydrogens (tertiary/aromatic N) is 3. The molecule has 5 nitrogen and oxygen atoms in total. The number of para-hydroxylation sites is 1. The van der Waals surface area contributed by atoms with E-state index in [2.05, 4.69) is 38.3 Å². The van der Waals surface area contributed by atoms with E-state index in [0.29, 0.717) is 0 Å². The van der Waals surface area contributed by atoms with E-state index in [1.54, 1.807) is 0 Å². The van der Waals surface area contributed by atoms with Crippen molar-refractivity contribution in [3.05, 3.63) is 60.9 Å².